The van der Waals surface area contributed by atoms with Gasteiger partial charge in [-0.3, -0.25) is 4.90 Å². The first-order valence-electron chi connectivity index (χ1n) is 6.37. The van der Waals surface area contributed by atoms with Crippen LogP contribution in [-0.4, -0.2) is 43.3 Å². The lowest BCUT2D eigenvalue weighted by atomic mass is 10.1. The van der Waals surface area contributed by atoms with Crippen LogP contribution in [0.15, 0.2) is 0 Å². The van der Waals surface area contributed by atoms with Crippen LogP contribution in [0, 0.1) is 0 Å². The zero-order valence-electron chi connectivity index (χ0n) is 10.2. The van der Waals surface area contributed by atoms with Crippen LogP contribution < -0.4 is 5.73 Å². The monoisotopic (exact) mass is 214 g/mol. The van der Waals surface area contributed by atoms with Gasteiger partial charge in [-0.05, 0) is 25.7 Å². The van der Waals surface area contributed by atoms with Crippen LogP contribution in [-0.2, 0) is 4.74 Å². The average Bonchev–Trinajstić information content (AvgIpc) is 2.72. The highest BCUT2D eigenvalue weighted by molar-refractivity contribution is 4.75. The van der Waals surface area contributed by atoms with Crippen molar-refractivity contribution in [3.8, 4) is 0 Å². The number of rotatable bonds is 7. The predicted molar refractivity (Wildman–Crippen MR) is 64.0 cm³/mol. The molecule has 0 aromatic rings. The maximum absolute atomic E-state index is 5.69. The van der Waals surface area contributed by atoms with E-state index in [9.17, 15) is 0 Å². The van der Waals surface area contributed by atoms with E-state index < -0.39 is 0 Å². The van der Waals surface area contributed by atoms with Gasteiger partial charge in [0.25, 0.3) is 0 Å². The van der Waals surface area contributed by atoms with E-state index in [-0.39, 0.29) is 0 Å². The fourth-order valence-electron chi connectivity index (χ4n) is 2.44. The van der Waals surface area contributed by atoms with Gasteiger partial charge in [0.2, 0.25) is 0 Å². The van der Waals surface area contributed by atoms with Gasteiger partial charge < -0.3 is 10.5 Å². The lowest BCUT2D eigenvalue weighted by Crippen LogP contribution is -2.42. The van der Waals surface area contributed by atoms with Crippen LogP contribution in [0.3, 0.4) is 0 Å². The van der Waals surface area contributed by atoms with Crippen molar-refractivity contribution in [1.29, 1.82) is 0 Å². The number of ether oxygens (including phenoxy) is 1. The molecular formula is C12H26N2O. The second kappa shape index (κ2) is 7.20. The van der Waals surface area contributed by atoms with E-state index in [1.165, 1.54) is 25.7 Å². The van der Waals surface area contributed by atoms with Gasteiger partial charge in [0.05, 0.1) is 6.10 Å². The Hall–Kier alpha value is -0.120. The number of nitrogens with two attached hydrogens (primary N) is 1. The van der Waals surface area contributed by atoms with Crippen LogP contribution in [0.5, 0.6) is 0 Å². The molecule has 0 spiro atoms. The minimum absolute atomic E-state index is 0.456. The first kappa shape index (κ1) is 12.9. The zero-order chi connectivity index (χ0) is 11.1. The molecule has 2 N–H and O–H groups in total. The van der Waals surface area contributed by atoms with Gasteiger partial charge in [-0.1, -0.05) is 13.8 Å². The molecule has 1 aliphatic heterocycles. The van der Waals surface area contributed by atoms with Crippen molar-refractivity contribution in [2.24, 2.45) is 5.73 Å². The quantitative estimate of drug-likeness (QED) is 0.700. The Bertz CT molecular complexity index is 154. The summed E-state index contributed by atoms with van der Waals surface area (Å²) in [6, 6.07) is 0.678. The van der Waals surface area contributed by atoms with Crippen molar-refractivity contribution in [3.05, 3.63) is 0 Å². The molecule has 90 valence electrons. The SMILES string of the molecule is CCC(CC)N(CCN)CC1CCCO1. The fourth-order valence-corrected chi connectivity index (χ4v) is 2.44. The van der Waals surface area contributed by atoms with Crippen LogP contribution >= 0.6 is 0 Å². The van der Waals surface area contributed by atoms with E-state index in [1.807, 2.05) is 0 Å². The van der Waals surface area contributed by atoms with E-state index in [2.05, 4.69) is 18.7 Å². The molecule has 3 nitrogen and oxygen atoms in total. The molecule has 1 aliphatic rings. The Balaban J connectivity index is 2.40. The number of hydrogen-bond donors (Lipinski definition) is 1. The predicted octanol–water partition coefficient (Wildman–Crippen LogP) is 1.61. The van der Waals surface area contributed by atoms with Crippen LogP contribution in [0.1, 0.15) is 39.5 Å². The Morgan fingerprint density at radius 2 is 2.13 bits per heavy atom. The lowest BCUT2D eigenvalue weighted by molar-refractivity contribution is 0.0563. The van der Waals surface area contributed by atoms with E-state index in [4.69, 9.17) is 10.5 Å². The average molecular weight is 214 g/mol. The van der Waals surface area contributed by atoms with E-state index in [0.29, 0.717) is 12.1 Å². The Morgan fingerprint density at radius 3 is 2.60 bits per heavy atom. The summed E-state index contributed by atoms with van der Waals surface area (Å²) in [7, 11) is 0. The summed E-state index contributed by atoms with van der Waals surface area (Å²) < 4.78 is 5.69. The Labute approximate surface area is 94.0 Å². The van der Waals surface area contributed by atoms with Gasteiger partial charge in [0.15, 0.2) is 0 Å². The fraction of sp³-hybridized carbons (Fsp3) is 1.00. The van der Waals surface area contributed by atoms with Gasteiger partial charge in [-0.15, -0.1) is 0 Å². The van der Waals surface area contributed by atoms with E-state index in [0.717, 1.165) is 26.2 Å². The van der Waals surface area contributed by atoms with Crippen molar-refractivity contribution in [1.82, 2.24) is 4.90 Å². The molecule has 1 fully saturated rings. The molecule has 1 rings (SSSR count). The maximum Gasteiger partial charge on any atom is 0.0702 e. The Morgan fingerprint density at radius 1 is 1.40 bits per heavy atom. The second-order valence-electron chi connectivity index (χ2n) is 4.39. The number of hydrogen-bond acceptors (Lipinski definition) is 3. The highest BCUT2D eigenvalue weighted by Crippen LogP contribution is 2.16. The van der Waals surface area contributed by atoms with Gasteiger partial charge in [-0.25, -0.2) is 0 Å². The molecule has 1 saturated heterocycles. The summed E-state index contributed by atoms with van der Waals surface area (Å²) >= 11 is 0. The van der Waals surface area contributed by atoms with Crippen molar-refractivity contribution in [2.75, 3.05) is 26.2 Å². The van der Waals surface area contributed by atoms with Crippen molar-refractivity contribution >= 4 is 0 Å². The molecular weight excluding hydrogens is 188 g/mol. The highest BCUT2D eigenvalue weighted by atomic mass is 16.5. The highest BCUT2D eigenvalue weighted by Gasteiger charge is 2.22. The summed E-state index contributed by atoms with van der Waals surface area (Å²) in [5.41, 5.74) is 5.67. The smallest absolute Gasteiger partial charge is 0.0702 e. The van der Waals surface area contributed by atoms with Crippen LogP contribution in [0.4, 0.5) is 0 Å². The third-order valence-corrected chi connectivity index (χ3v) is 3.34. The molecule has 1 atom stereocenters. The third-order valence-electron chi connectivity index (χ3n) is 3.34. The molecule has 1 unspecified atom stereocenters. The molecule has 3 heteroatoms. The maximum atomic E-state index is 5.69. The zero-order valence-corrected chi connectivity index (χ0v) is 10.2. The Kier molecular flexibility index (Phi) is 6.22. The largest absolute Gasteiger partial charge is 0.377 e. The molecule has 0 amide bonds. The molecule has 1 heterocycles. The van der Waals surface area contributed by atoms with Gasteiger partial charge in [-0.2, -0.15) is 0 Å². The summed E-state index contributed by atoms with van der Waals surface area (Å²) in [5, 5.41) is 0. The van der Waals surface area contributed by atoms with Crippen molar-refractivity contribution in [3.63, 3.8) is 0 Å². The first-order chi connectivity index (χ1) is 7.31. The van der Waals surface area contributed by atoms with E-state index >= 15 is 0 Å². The number of nitrogens with zero attached hydrogens (tertiary/aromatic N) is 1. The molecule has 0 radical (unpaired) electrons. The molecule has 0 bridgehead atoms. The molecule has 0 aromatic carbocycles. The van der Waals surface area contributed by atoms with Crippen LogP contribution in [0.25, 0.3) is 0 Å². The summed E-state index contributed by atoms with van der Waals surface area (Å²) in [5.74, 6) is 0. The topological polar surface area (TPSA) is 38.5 Å². The van der Waals surface area contributed by atoms with Crippen LogP contribution in [0.2, 0.25) is 0 Å². The minimum atomic E-state index is 0.456. The standard InChI is InChI=1S/C12H26N2O/c1-3-11(4-2)14(8-7-13)10-12-6-5-9-15-12/h11-12H,3-10,13H2,1-2H3. The minimum Gasteiger partial charge on any atom is -0.377 e. The first-order valence-corrected chi connectivity index (χ1v) is 6.37. The summed E-state index contributed by atoms with van der Waals surface area (Å²) in [6.45, 7) is 8.30. The summed E-state index contributed by atoms with van der Waals surface area (Å²) in [4.78, 5) is 2.51. The second-order valence-corrected chi connectivity index (χ2v) is 4.39. The van der Waals surface area contributed by atoms with E-state index in [1.54, 1.807) is 0 Å². The third kappa shape index (κ3) is 4.09. The molecule has 0 aliphatic carbocycles. The lowest BCUT2D eigenvalue weighted by Gasteiger charge is -2.31. The molecule has 0 saturated carbocycles. The molecule has 15 heavy (non-hydrogen) atoms. The normalized spacial score (nSPS) is 21.8. The van der Waals surface area contributed by atoms with Crippen molar-refractivity contribution < 1.29 is 4.74 Å². The summed E-state index contributed by atoms with van der Waals surface area (Å²) in [6.07, 6.45) is 5.33. The van der Waals surface area contributed by atoms with Crippen molar-refractivity contribution in [2.45, 2.75) is 51.7 Å². The molecule has 0 aromatic heterocycles. The van der Waals surface area contributed by atoms with Gasteiger partial charge in [0.1, 0.15) is 0 Å². The van der Waals surface area contributed by atoms with Gasteiger partial charge >= 0.3 is 0 Å². The van der Waals surface area contributed by atoms with Gasteiger partial charge in [0, 0.05) is 32.3 Å².